The first-order valence-corrected chi connectivity index (χ1v) is 3.86. The SMILES string of the molecule is O=C1OC2CC1C(O)C(O)C2O. The highest BCUT2D eigenvalue weighted by Crippen LogP contribution is 2.34. The fraction of sp³-hybridized carbons (Fsp3) is 0.857. The number of carbonyl (C=O) groups is 1. The summed E-state index contributed by atoms with van der Waals surface area (Å²) in [6, 6.07) is 0. The van der Waals surface area contributed by atoms with Crippen LogP contribution in [0, 0.1) is 5.92 Å². The van der Waals surface area contributed by atoms with E-state index in [2.05, 4.69) is 0 Å². The highest BCUT2D eigenvalue weighted by atomic mass is 16.6. The number of aliphatic hydroxyl groups is 3. The van der Waals surface area contributed by atoms with Gasteiger partial charge in [-0.2, -0.15) is 0 Å². The van der Waals surface area contributed by atoms with Crippen LogP contribution in [0.15, 0.2) is 0 Å². The van der Waals surface area contributed by atoms with Gasteiger partial charge in [0.1, 0.15) is 18.3 Å². The van der Waals surface area contributed by atoms with E-state index in [4.69, 9.17) is 4.74 Å². The van der Waals surface area contributed by atoms with E-state index < -0.39 is 36.3 Å². The molecule has 0 aromatic rings. The van der Waals surface area contributed by atoms with Crippen LogP contribution in [0.25, 0.3) is 0 Å². The van der Waals surface area contributed by atoms with Crippen LogP contribution >= 0.6 is 0 Å². The lowest BCUT2D eigenvalue weighted by atomic mass is 9.83. The van der Waals surface area contributed by atoms with Gasteiger partial charge in [0.2, 0.25) is 0 Å². The van der Waals surface area contributed by atoms with Crippen molar-refractivity contribution in [2.45, 2.75) is 30.8 Å². The highest BCUT2D eigenvalue weighted by molar-refractivity contribution is 5.76. The first-order chi connectivity index (χ1) is 5.61. The molecule has 0 radical (unpaired) electrons. The van der Waals surface area contributed by atoms with Gasteiger partial charge in [-0.05, 0) is 0 Å². The molecule has 1 saturated carbocycles. The second-order valence-electron chi connectivity index (χ2n) is 3.29. The number of hydrogen-bond acceptors (Lipinski definition) is 5. The molecule has 2 bridgehead atoms. The number of ether oxygens (including phenoxy) is 1. The minimum absolute atomic E-state index is 0.304. The van der Waals surface area contributed by atoms with Crippen molar-refractivity contribution in [3.8, 4) is 0 Å². The molecule has 0 spiro atoms. The summed E-state index contributed by atoms with van der Waals surface area (Å²) in [5.41, 5.74) is 0. The van der Waals surface area contributed by atoms with Gasteiger partial charge in [0, 0.05) is 6.42 Å². The molecular weight excluding hydrogens is 164 g/mol. The molecule has 5 atom stereocenters. The predicted molar refractivity (Wildman–Crippen MR) is 36.0 cm³/mol. The Morgan fingerprint density at radius 1 is 1.17 bits per heavy atom. The Bertz CT molecular complexity index is 214. The van der Waals surface area contributed by atoms with Crippen molar-refractivity contribution in [3.63, 3.8) is 0 Å². The Morgan fingerprint density at radius 2 is 1.83 bits per heavy atom. The van der Waals surface area contributed by atoms with Gasteiger partial charge >= 0.3 is 5.97 Å². The lowest BCUT2D eigenvalue weighted by molar-refractivity contribution is -0.146. The number of carbonyl (C=O) groups excluding carboxylic acids is 1. The third-order valence-corrected chi connectivity index (χ3v) is 2.55. The van der Waals surface area contributed by atoms with Crippen molar-refractivity contribution < 1.29 is 24.9 Å². The van der Waals surface area contributed by atoms with E-state index in [-0.39, 0.29) is 0 Å². The molecule has 1 heterocycles. The van der Waals surface area contributed by atoms with Crippen LogP contribution in [-0.2, 0) is 9.53 Å². The Hall–Kier alpha value is -0.650. The molecule has 5 heteroatoms. The van der Waals surface area contributed by atoms with E-state index >= 15 is 0 Å². The van der Waals surface area contributed by atoms with Crippen molar-refractivity contribution >= 4 is 5.97 Å². The lowest BCUT2D eigenvalue weighted by Crippen LogP contribution is -2.50. The van der Waals surface area contributed by atoms with Gasteiger partial charge in [-0.3, -0.25) is 4.79 Å². The third kappa shape index (κ3) is 0.872. The number of aliphatic hydroxyl groups excluding tert-OH is 3. The van der Waals surface area contributed by atoms with E-state index in [1.54, 1.807) is 0 Å². The summed E-state index contributed by atoms with van der Waals surface area (Å²) in [6.07, 6.45) is -3.94. The highest BCUT2D eigenvalue weighted by Gasteiger charge is 2.52. The van der Waals surface area contributed by atoms with Crippen molar-refractivity contribution in [3.05, 3.63) is 0 Å². The van der Waals surface area contributed by atoms with Gasteiger partial charge in [0.15, 0.2) is 0 Å². The summed E-state index contributed by atoms with van der Waals surface area (Å²) in [5.74, 6) is -1.18. The molecule has 5 unspecified atom stereocenters. The first kappa shape index (κ1) is 7.97. The molecule has 5 nitrogen and oxygen atoms in total. The van der Waals surface area contributed by atoms with E-state index in [0.717, 1.165) is 0 Å². The maximum atomic E-state index is 11.0. The summed E-state index contributed by atoms with van der Waals surface area (Å²) in [5, 5.41) is 27.8. The average molecular weight is 174 g/mol. The smallest absolute Gasteiger partial charge is 0.312 e. The van der Waals surface area contributed by atoms with Gasteiger partial charge in [-0.15, -0.1) is 0 Å². The van der Waals surface area contributed by atoms with E-state index in [1.165, 1.54) is 0 Å². The standard InChI is InChI=1S/C7H10O5/c8-4-2-1-3(12-7(2)11)5(9)6(4)10/h2-6,8-10H,1H2. The van der Waals surface area contributed by atoms with Crippen molar-refractivity contribution in [1.82, 2.24) is 0 Å². The molecule has 12 heavy (non-hydrogen) atoms. The van der Waals surface area contributed by atoms with Crippen LogP contribution in [0.2, 0.25) is 0 Å². The summed E-state index contributed by atoms with van der Waals surface area (Å²) in [4.78, 5) is 11.0. The first-order valence-electron chi connectivity index (χ1n) is 3.86. The zero-order chi connectivity index (χ0) is 8.88. The summed E-state index contributed by atoms with van der Waals surface area (Å²) in [7, 11) is 0. The fourth-order valence-corrected chi connectivity index (χ4v) is 1.78. The minimum atomic E-state index is -1.26. The van der Waals surface area contributed by atoms with E-state index in [1.807, 2.05) is 0 Å². The number of fused-ring (bicyclic) bond motifs is 2. The second kappa shape index (κ2) is 2.42. The van der Waals surface area contributed by atoms with Crippen molar-refractivity contribution in [1.29, 1.82) is 0 Å². The molecule has 1 saturated heterocycles. The Balaban J connectivity index is 2.25. The summed E-state index contributed by atoms with van der Waals surface area (Å²) in [6.45, 7) is 0. The maximum Gasteiger partial charge on any atom is 0.312 e. The molecule has 0 aromatic heterocycles. The molecule has 1 aliphatic heterocycles. The molecule has 1 aliphatic carbocycles. The molecule has 0 amide bonds. The monoisotopic (exact) mass is 174 g/mol. The van der Waals surface area contributed by atoms with Gasteiger partial charge in [0.05, 0.1) is 12.0 Å². The third-order valence-electron chi connectivity index (χ3n) is 2.55. The van der Waals surface area contributed by atoms with Crippen molar-refractivity contribution in [2.24, 2.45) is 5.92 Å². The largest absolute Gasteiger partial charge is 0.459 e. The molecule has 0 aromatic carbocycles. The molecular formula is C7H10O5. The molecule has 3 N–H and O–H groups in total. The minimum Gasteiger partial charge on any atom is -0.459 e. The number of esters is 1. The predicted octanol–water partition coefficient (Wildman–Crippen LogP) is -1.99. The summed E-state index contributed by atoms with van der Waals surface area (Å²) < 4.78 is 4.73. The maximum absolute atomic E-state index is 11.0. The molecule has 68 valence electrons. The number of rotatable bonds is 0. The Labute approximate surface area is 68.6 Å². The fourth-order valence-electron chi connectivity index (χ4n) is 1.78. The van der Waals surface area contributed by atoms with E-state index in [9.17, 15) is 20.1 Å². The average Bonchev–Trinajstić information content (AvgIpc) is 2.39. The van der Waals surface area contributed by atoms with Gasteiger partial charge in [-0.25, -0.2) is 0 Å². The second-order valence-corrected chi connectivity index (χ2v) is 3.29. The molecule has 2 aliphatic rings. The van der Waals surface area contributed by atoms with Gasteiger partial charge in [0.25, 0.3) is 0 Å². The van der Waals surface area contributed by atoms with Crippen LogP contribution in [0.4, 0.5) is 0 Å². The summed E-state index contributed by atoms with van der Waals surface area (Å²) >= 11 is 0. The van der Waals surface area contributed by atoms with Crippen LogP contribution in [0.5, 0.6) is 0 Å². The normalized spacial score (nSPS) is 52.2. The van der Waals surface area contributed by atoms with Gasteiger partial charge < -0.3 is 20.1 Å². The Kier molecular flexibility index (Phi) is 1.61. The molecule has 2 rings (SSSR count). The quantitative estimate of drug-likeness (QED) is 0.370. The zero-order valence-corrected chi connectivity index (χ0v) is 6.25. The zero-order valence-electron chi connectivity index (χ0n) is 6.25. The Morgan fingerprint density at radius 3 is 2.50 bits per heavy atom. The van der Waals surface area contributed by atoms with E-state index in [0.29, 0.717) is 6.42 Å². The van der Waals surface area contributed by atoms with Crippen LogP contribution < -0.4 is 0 Å². The van der Waals surface area contributed by atoms with Crippen LogP contribution in [0.3, 0.4) is 0 Å². The van der Waals surface area contributed by atoms with Gasteiger partial charge in [-0.1, -0.05) is 0 Å². The van der Waals surface area contributed by atoms with Crippen molar-refractivity contribution in [2.75, 3.05) is 0 Å². The van der Waals surface area contributed by atoms with Crippen LogP contribution in [0.1, 0.15) is 6.42 Å². The topological polar surface area (TPSA) is 87.0 Å². The van der Waals surface area contributed by atoms with Crippen LogP contribution in [-0.4, -0.2) is 45.7 Å². The number of hydrogen-bond donors (Lipinski definition) is 3. The lowest BCUT2D eigenvalue weighted by Gasteiger charge is -2.30. The molecule has 2 fully saturated rings.